The van der Waals surface area contributed by atoms with Crippen LogP contribution < -0.4 is 0 Å². The molecule has 0 amide bonds. The van der Waals surface area contributed by atoms with E-state index in [4.69, 9.17) is 71.1 Å². The highest BCUT2D eigenvalue weighted by Crippen LogP contribution is 2.58. The fourth-order valence-corrected chi connectivity index (χ4v) is 17.8. The van der Waals surface area contributed by atoms with Gasteiger partial charge in [-0.15, -0.1) is 0 Å². The number of fused-ring (bicyclic) bond motifs is 10. The molecule has 0 aliphatic carbocycles. The summed E-state index contributed by atoms with van der Waals surface area (Å²) in [6.45, 7) is 17.6. The van der Waals surface area contributed by atoms with Crippen LogP contribution in [0.15, 0.2) is 24.3 Å². The van der Waals surface area contributed by atoms with Crippen molar-refractivity contribution in [2.24, 2.45) is 23.7 Å². The van der Waals surface area contributed by atoms with E-state index in [1.165, 1.54) is 0 Å². The fraction of sp³-hybridized carbons (Fsp3) is 0.914. The van der Waals surface area contributed by atoms with Gasteiger partial charge in [0.1, 0.15) is 42.7 Å². The van der Waals surface area contributed by atoms with E-state index in [1.54, 1.807) is 0 Å². The first-order chi connectivity index (χ1) is 36.6. The molecule has 16 saturated heterocycles. The lowest BCUT2D eigenvalue weighted by Crippen LogP contribution is -2.62. The van der Waals surface area contributed by atoms with Gasteiger partial charge >= 0.3 is 5.97 Å². The maximum Gasteiger partial charge on any atom is 0.308 e. The lowest BCUT2D eigenvalue weighted by atomic mass is 9.78. The van der Waals surface area contributed by atoms with E-state index in [0.717, 1.165) is 49.7 Å². The van der Waals surface area contributed by atoms with E-state index >= 15 is 0 Å². The average molecular weight is 1070 g/mol. The standard InChI is InChI=1S/C58H82O18/c1-25-13-31-7-9-35-26(2)14-33(62-35)11-12-56-22-43-52(75-56)53-54(68-43)55(76-56)51-36(66-53)10-8-32(64-51)15-46(61)70-50-30(6)49-40(65-39(50)17-37(63-31)29(25)5)18-38-42(67-49)21-58(71-38)23-44-48(74-58)28(4)20-57(73-44)19-27(3)47-41(72-57)16-34(60)45(24-59)69-47/h25,27-28,30-45,47-55,59-60H,2,5,7-24H2,1,3-4,6H3/t25-,27+,28+,30+,31+,32-,33+,34-,35+,36+,37-,38-,39+,40+,41+,42-,43+,44+,45-,47+,48+,49+,50-,51+,52+,53+,54-,55+,56+,57-,58+/m1/s1. The molecular weight excluding hydrogens is 985 g/mol. The molecule has 0 aromatic rings. The van der Waals surface area contributed by atoms with Gasteiger partial charge in [-0.25, -0.2) is 0 Å². The van der Waals surface area contributed by atoms with Gasteiger partial charge in [0.25, 0.3) is 0 Å². The number of hydrogen-bond donors (Lipinski definition) is 2. The third kappa shape index (κ3) is 8.56. The molecule has 16 aliphatic heterocycles. The molecular formula is C58H82O18. The molecule has 0 unspecified atom stereocenters. The third-order valence-electron chi connectivity index (χ3n) is 21.4. The summed E-state index contributed by atoms with van der Waals surface area (Å²) in [5.41, 5.74) is 2.16. The van der Waals surface area contributed by atoms with Crippen molar-refractivity contribution >= 4 is 5.97 Å². The summed E-state index contributed by atoms with van der Waals surface area (Å²) in [6, 6.07) is 0. The van der Waals surface area contributed by atoms with Crippen LogP contribution in [0, 0.1) is 23.7 Å². The molecule has 0 saturated carbocycles. The minimum Gasteiger partial charge on any atom is -0.459 e. The number of rotatable bonds is 1. The van der Waals surface area contributed by atoms with Gasteiger partial charge < -0.3 is 81.3 Å². The fourth-order valence-electron chi connectivity index (χ4n) is 17.8. The van der Waals surface area contributed by atoms with Crippen LogP contribution in [0.4, 0.5) is 0 Å². The molecule has 16 rings (SSSR count). The van der Waals surface area contributed by atoms with E-state index in [9.17, 15) is 15.0 Å². The van der Waals surface area contributed by atoms with Crippen LogP contribution >= 0.6 is 0 Å². The minimum absolute atomic E-state index is 0.0127. The Balaban J connectivity index is 0.669. The smallest absolute Gasteiger partial charge is 0.308 e. The number of carbonyl (C=O) groups excluding carboxylic acids is 1. The van der Waals surface area contributed by atoms with E-state index in [-0.39, 0.29) is 146 Å². The average Bonchev–Trinajstić information content (AvgIpc) is 4.36. The number of aliphatic hydroxyl groups excluding tert-OH is 2. The summed E-state index contributed by atoms with van der Waals surface area (Å²) < 4.78 is 103. The van der Waals surface area contributed by atoms with Crippen molar-refractivity contribution < 1.29 is 86.1 Å². The monoisotopic (exact) mass is 1070 g/mol. The van der Waals surface area contributed by atoms with Crippen molar-refractivity contribution in [2.75, 3.05) is 6.61 Å². The Morgan fingerprint density at radius 1 is 0.487 bits per heavy atom. The first-order valence-electron chi connectivity index (χ1n) is 29.7. The molecule has 0 aromatic heterocycles. The summed E-state index contributed by atoms with van der Waals surface area (Å²) in [5.74, 6) is -2.71. The molecule has 76 heavy (non-hydrogen) atoms. The van der Waals surface area contributed by atoms with E-state index in [1.807, 2.05) is 0 Å². The van der Waals surface area contributed by atoms with Crippen LogP contribution in [0.5, 0.6) is 0 Å². The van der Waals surface area contributed by atoms with Gasteiger partial charge in [0.05, 0.1) is 117 Å². The molecule has 16 aliphatic rings. The van der Waals surface area contributed by atoms with Gasteiger partial charge in [-0.3, -0.25) is 4.79 Å². The zero-order valence-electron chi connectivity index (χ0n) is 44.7. The molecule has 2 N–H and O–H groups in total. The quantitative estimate of drug-likeness (QED) is 0.258. The highest BCUT2D eigenvalue weighted by atomic mass is 16.8. The minimum atomic E-state index is -0.911. The number of carbonyl (C=O) groups is 1. The summed E-state index contributed by atoms with van der Waals surface area (Å²) >= 11 is 0. The van der Waals surface area contributed by atoms with Crippen molar-refractivity contribution in [1.82, 2.24) is 0 Å². The zero-order chi connectivity index (χ0) is 51.7. The second-order valence-electron chi connectivity index (χ2n) is 26.7. The Bertz CT molecular complexity index is 2270. The first-order valence-corrected chi connectivity index (χ1v) is 29.7. The van der Waals surface area contributed by atoms with Gasteiger partial charge in [-0.2, -0.15) is 0 Å². The van der Waals surface area contributed by atoms with E-state index in [2.05, 4.69) is 40.9 Å². The number of ether oxygens (including phenoxy) is 15. The molecule has 18 heteroatoms. The summed E-state index contributed by atoms with van der Waals surface area (Å²) in [7, 11) is 0. The van der Waals surface area contributed by atoms with Gasteiger partial charge in [0, 0.05) is 63.7 Å². The highest BCUT2D eigenvalue weighted by Gasteiger charge is 2.70. The second kappa shape index (κ2) is 18.9. The lowest BCUT2D eigenvalue weighted by Gasteiger charge is -2.54. The number of aliphatic hydroxyl groups is 2. The highest BCUT2D eigenvalue weighted by molar-refractivity contribution is 5.70. The molecule has 18 nitrogen and oxygen atoms in total. The maximum atomic E-state index is 14.5. The molecule has 31 atom stereocenters. The van der Waals surface area contributed by atoms with Crippen LogP contribution in [-0.2, 0) is 75.8 Å². The predicted octanol–water partition coefficient (Wildman–Crippen LogP) is 5.17. The molecule has 16 heterocycles. The van der Waals surface area contributed by atoms with Crippen molar-refractivity contribution in [3.63, 3.8) is 0 Å². The van der Waals surface area contributed by atoms with Crippen LogP contribution in [-0.4, -0.2) is 187 Å². The van der Waals surface area contributed by atoms with Crippen molar-refractivity contribution in [3.8, 4) is 0 Å². The van der Waals surface area contributed by atoms with Crippen LogP contribution in [0.3, 0.4) is 0 Å². The van der Waals surface area contributed by atoms with Crippen LogP contribution in [0.2, 0.25) is 0 Å². The molecule has 12 bridgehead atoms. The SMILES string of the molecule is C=C1C[C@@H]2CC[C@@]34C[C@@H]5O[C@@H]6[C@@H](O[C@H]7CC[C@H](CC(=O)O[C@@H]8[C@@H](C)[C@@H]9O[C@@H]%10C[C@]%11(C[C@@H]%12O[C@]%13(C[C@H](C)[C@@H]%14O[C@H](CO)[C@H](O)C[C@@H]%14O%13)C[C@H](C)[C@@H]%12O%11)O[C@@H]%10C[C@@H]9O[C@H]8C[C@H]8O[C@@H](CC[C@@H]1O2)C[C@@H](C)C8=C)O[C@@H]7[C@@H]6O3)[C@H]5O4. The topological polar surface area (TPSA) is 196 Å². The third-order valence-corrected chi connectivity index (χ3v) is 21.4. The van der Waals surface area contributed by atoms with Crippen molar-refractivity contribution in [1.29, 1.82) is 0 Å². The normalized spacial score (nSPS) is 59.3. The van der Waals surface area contributed by atoms with Gasteiger partial charge in [0.15, 0.2) is 17.4 Å². The van der Waals surface area contributed by atoms with Crippen molar-refractivity contribution in [2.45, 2.75) is 301 Å². The Morgan fingerprint density at radius 2 is 1.16 bits per heavy atom. The largest absolute Gasteiger partial charge is 0.459 e. The Morgan fingerprint density at radius 3 is 2.01 bits per heavy atom. The number of esters is 1. The van der Waals surface area contributed by atoms with Crippen LogP contribution in [0.1, 0.15) is 137 Å². The summed E-state index contributed by atoms with van der Waals surface area (Å²) in [4.78, 5) is 14.5. The predicted molar refractivity (Wildman–Crippen MR) is 263 cm³/mol. The number of hydrogen-bond acceptors (Lipinski definition) is 18. The van der Waals surface area contributed by atoms with Gasteiger partial charge in [-0.05, 0) is 73.8 Å². The molecule has 16 fully saturated rings. The van der Waals surface area contributed by atoms with Gasteiger partial charge in [-0.1, -0.05) is 40.9 Å². The van der Waals surface area contributed by atoms with E-state index < -0.39 is 60.1 Å². The molecule has 0 aromatic carbocycles. The molecule has 422 valence electrons. The lowest BCUT2D eigenvalue weighted by molar-refractivity contribution is -0.371. The Hall–Kier alpha value is -1.69. The molecule has 0 radical (unpaired) electrons. The van der Waals surface area contributed by atoms with Gasteiger partial charge in [0.2, 0.25) is 0 Å². The van der Waals surface area contributed by atoms with Crippen molar-refractivity contribution in [3.05, 3.63) is 24.3 Å². The van der Waals surface area contributed by atoms with E-state index in [0.29, 0.717) is 64.2 Å². The van der Waals surface area contributed by atoms with Crippen LogP contribution in [0.25, 0.3) is 0 Å². The maximum absolute atomic E-state index is 14.5. The Labute approximate surface area is 446 Å². The summed E-state index contributed by atoms with van der Waals surface area (Å²) in [6.07, 6.45) is 3.22. The molecule has 3 spiro atoms. The Kier molecular flexibility index (Phi) is 12.8. The summed E-state index contributed by atoms with van der Waals surface area (Å²) in [5, 5.41) is 20.6. The second-order valence-corrected chi connectivity index (χ2v) is 26.7. The zero-order valence-corrected chi connectivity index (χ0v) is 44.7. The first kappa shape index (κ1) is 51.2.